The zero-order valence-electron chi connectivity index (χ0n) is 21.2. The van der Waals surface area contributed by atoms with Gasteiger partial charge in [-0.1, -0.05) is 25.0 Å². The van der Waals surface area contributed by atoms with Crippen LogP contribution >= 0.6 is 0 Å². The van der Waals surface area contributed by atoms with Crippen molar-refractivity contribution in [2.24, 2.45) is 0 Å². The minimum absolute atomic E-state index is 0.0716. The van der Waals surface area contributed by atoms with Crippen molar-refractivity contribution in [1.82, 2.24) is 19.3 Å². The number of carbonyl (C=O) groups excluding carboxylic acids is 4. The first-order chi connectivity index (χ1) is 17.3. The molecule has 0 radical (unpaired) electrons. The minimum atomic E-state index is -0.334. The summed E-state index contributed by atoms with van der Waals surface area (Å²) in [5, 5.41) is 0. The molecule has 2 fully saturated rings. The summed E-state index contributed by atoms with van der Waals surface area (Å²) in [6.07, 6.45) is 5.00. The summed E-state index contributed by atoms with van der Waals surface area (Å²) in [5.74, 6) is -0.603. The predicted octanol–water partition coefficient (Wildman–Crippen LogP) is 3.23. The van der Waals surface area contributed by atoms with E-state index >= 15 is 0 Å². The number of aromatic nitrogens is 1. The van der Waals surface area contributed by atoms with E-state index in [9.17, 15) is 19.2 Å². The number of imide groups is 1. The smallest absolute Gasteiger partial charge is 0.261 e. The van der Waals surface area contributed by atoms with Crippen LogP contribution in [-0.4, -0.2) is 82.0 Å². The Labute approximate surface area is 211 Å². The molecule has 1 aliphatic carbocycles. The molecule has 1 aromatic heterocycles. The minimum Gasteiger partial charge on any atom is -0.345 e. The van der Waals surface area contributed by atoms with E-state index in [2.05, 4.69) is 23.3 Å². The quantitative estimate of drug-likeness (QED) is 0.440. The molecule has 3 heterocycles. The molecule has 0 spiro atoms. The number of rotatable bonds is 7. The van der Waals surface area contributed by atoms with E-state index in [1.165, 1.54) is 30.6 Å². The molecular formula is C28H34N4O4. The fourth-order valence-corrected chi connectivity index (χ4v) is 6.04. The van der Waals surface area contributed by atoms with Crippen molar-refractivity contribution < 1.29 is 19.2 Å². The lowest BCUT2D eigenvalue weighted by Crippen LogP contribution is -2.50. The van der Waals surface area contributed by atoms with E-state index in [0.29, 0.717) is 49.9 Å². The maximum absolute atomic E-state index is 13.1. The number of ketones is 1. The maximum Gasteiger partial charge on any atom is 0.261 e. The van der Waals surface area contributed by atoms with E-state index in [1.54, 1.807) is 29.2 Å². The zero-order valence-corrected chi connectivity index (χ0v) is 21.2. The van der Waals surface area contributed by atoms with Crippen LogP contribution < -0.4 is 0 Å². The van der Waals surface area contributed by atoms with Crippen LogP contribution in [0.4, 0.5) is 0 Å². The van der Waals surface area contributed by atoms with Gasteiger partial charge in [0.1, 0.15) is 0 Å². The molecule has 1 saturated carbocycles. The van der Waals surface area contributed by atoms with Crippen molar-refractivity contribution in [3.8, 4) is 0 Å². The van der Waals surface area contributed by atoms with Gasteiger partial charge in [-0.15, -0.1) is 0 Å². The molecule has 8 nitrogen and oxygen atoms in total. The third-order valence-electron chi connectivity index (χ3n) is 7.99. The fourth-order valence-electron chi connectivity index (χ4n) is 6.04. The number of hydrogen-bond donors (Lipinski definition) is 0. The number of amides is 3. The molecule has 2 aliphatic heterocycles. The first-order valence-corrected chi connectivity index (χ1v) is 13.0. The lowest BCUT2D eigenvalue weighted by molar-refractivity contribution is -0.132. The molecule has 1 saturated heterocycles. The normalized spacial score (nSPS) is 18.8. The van der Waals surface area contributed by atoms with Gasteiger partial charge in [0.25, 0.3) is 11.8 Å². The molecule has 5 rings (SSSR count). The van der Waals surface area contributed by atoms with Gasteiger partial charge in [0, 0.05) is 62.1 Å². The highest BCUT2D eigenvalue weighted by molar-refractivity contribution is 6.21. The summed E-state index contributed by atoms with van der Waals surface area (Å²) in [6, 6.07) is 9.30. The third-order valence-corrected chi connectivity index (χ3v) is 7.99. The number of aryl methyl sites for hydroxylation is 1. The molecule has 3 aliphatic rings. The largest absolute Gasteiger partial charge is 0.345 e. The topological polar surface area (TPSA) is 82.9 Å². The Hall–Kier alpha value is -3.26. The summed E-state index contributed by atoms with van der Waals surface area (Å²) in [5.41, 5.74) is 3.86. The van der Waals surface area contributed by atoms with Crippen LogP contribution in [0.3, 0.4) is 0 Å². The van der Waals surface area contributed by atoms with Crippen LogP contribution in [0.1, 0.15) is 80.6 Å². The second-order valence-electron chi connectivity index (χ2n) is 10.2. The van der Waals surface area contributed by atoms with Gasteiger partial charge in [-0.05, 0) is 44.9 Å². The van der Waals surface area contributed by atoms with Crippen LogP contribution in [0.15, 0.2) is 30.3 Å². The first kappa shape index (κ1) is 24.4. The number of hydrogen-bond acceptors (Lipinski definition) is 5. The number of nitrogens with zero attached hydrogens (tertiary/aromatic N) is 4. The summed E-state index contributed by atoms with van der Waals surface area (Å²) in [6.45, 7) is 6.92. The Kier molecular flexibility index (Phi) is 6.79. The summed E-state index contributed by atoms with van der Waals surface area (Å²) >= 11 is 0. The van der Waals surface area contributed by atoms with Gasteiger partial charge in [-0.2, -0.15) is 0 Å². The predicted molar refractivity (Wildman–Crippen MR) is 135 cm³/mol. The third kappa shape index (κ3) is 4.50. The van der Waals surface area contributed by atoms with Gasteiger partial charge in [-0.3, -0.25) is 29.0 Å². The number of Topliss-reactive ketones (excluding diaryl/α,β-unsaturated/α-hetero) is 1. The molecule has 36 heavy (non-hydrogen) atoms. The number of carbonyl (C=O) groups is 4. The fraction of sp³-hybridized carbons (Fsp3) is 0.500. The van der Waals surface area contributed by atoms with Crippen LogP contribution in [0.25, 0.3) is 0 Å². The number of fused-ring (bicyclic) bond motifs is 1. The van der Waals surface area contributed by atoms with Gasteiger partial charge in [0.05, 0.1) is 17.7 Å². The summed E-state index contributed by atoms with van der Waals surface area (Å²) < 4.78 is 2.35. The number of benzene rings is 1. The average molecular weight is 491 g/mol. The van der Waals surface area contributed by atoms with E-state index in [-0.39, 0.29) is 36.5 Å². The maximum atomic E-state index is 13.1. The standard InChI is InChI=1S/C28H34N4O4/c1-19-17-24(20(2)32(19)21-7-3-4-8-21)25(33)18-29-13-15-30(16-14-29)26(34)11-12-31-27(35)22-9-5-6-10-23(22)28(31)36/h5-6,9-10,17,21H,3-4,7-8,11-16,18H2,1-2H3. The summed E-state index contributed by atoms with van der Waals surface area (Å²) in [4.78, 5) is 56.0. The van der Waals surface area contributed by atoms with Crippen LogP contribution in [-0.2, 0) is 4.79 Å². The Morgan fingerprint density at radius 3 is 2.14 bits per heavy atom. The second kappa shape index (κ2) is 10.0. The number of piperazine rings is 1. The van der Waals surface area contributed by atoms with Gasteiger partial charge in [0.2, 0.25) is 5.91 Å². The van der Waals surface area contributed by atoms with Crippen LogP contribution in [0, 0.1) is 13.8 Å². The highest BCUT2D eigenvalue weighted by atomic mass is 16.2. The van der Waals surface area contributed by atoms with Crippen molar-refractivity contribution >= 4 is 23.5 Å². The lowest BCUT2D eigenvalue weighted by Gasteiger charge is -2.34. The molecule has 190 valence electrons. The highest BCUT2D eigenvalue weighted by Crippen LogP contribution is 2.33. The Bertz CT molecular complexity index is 1170. The highest BCUT2D eigenvalue weighted by Gasteiger charge is 2.35. The van der Waals surface area contributed by atoms with Gasteiger partial charge in [0.15, 0.2) is 5.78 Å². The molecular weight excluding hydrogens is 456 g/mol. The molecule has 0 unspecified atom stereocenters. The first-order valence-electron chi connectivity index (χ1n) is 13.0. The molecule has 2 aromatic rings. The molecule has 8 heteroatoms. The Morgan fingerprint density at radius 1 is 0.917 bits per heavy atom. The molecule has 3 amide bonds. The van der Waals surface area contributed by atoms with E-state index in [0.717, 1.165) is 17.0 Å². The van der Waals surface area contributed by atoms with E-state index in [1.807, 2.05) is 6.07 Å². The monoisotopic (exact) mass is 490 g/mol. The van der Waals surface area contributed by atoms with Crippen molar-refractivity contribution in [3.63, 3.8) is 0 Å². The van der Waals surface area contributed by atoms with Crippen molar-refractivity contribution in [1.29, 1.82) is 0 Å². The van der Waals surface area contributed by atoms with Gasteiger partial charge < -0.3 is 9.47 Å². The molecule has 0 bridgehead atoms. The van der Waals surface area contributed by atoms with Crippen molar-refractivity contribution in [2.75, 3.05) is 39.3 Å². The van der Waals surface area contributed by atoms with Gasteiger partial charge in [-0.25, -0.2) is 0 Å². The van der Waals surface area contributed by atoms with Crippen LogP contribution in [0.2, 0.25) is 0 Å². The summed E-state index contributed by atoms with van der Waals surface area (Å²) in [7, 11) is 0. The van der Waals surface area contributed by atoms with E-state index < -0.39 is 0 Å². The van der Waals surface area contributed by atoms with Gasteiger partial charge >= 0.3 is 0 Å². The van der Waals surface area contributed by atoms with E-state index in [4.69, 9.17) is 0 Å². The average Bonchev–Trinajstić information content (AvgIpc) is 3.56. The SMILES string of the molecule is Cc1cc(C(=O)CN2CCN(C(=O)CCN3C(=O)c4ccccc4C3=O)CC2)c(C)n1C1CCCC1. The molecule has 1 aromatic carbocycles. The van der Waals surface area contributed by atoms with Crippen LogP contribution in [0.5, 0.6) is 0 Å². The second-order valence-corrected chi connectivity index (χ2v) is 10.2. The van der Waals surface area contributed by atoms with Crippen molar-refractivity contribution in [3.05, 3.63) is 58.4 Å². The zero-order chi connectivity index (χ0) is 25.4. The Morgan fingerprint density at radius 2 is 1.53 bits per heavy atom. The Balaban J connectivity index is 1.11. The molecule has 0 atom stereocenters. The lowest BCUT2D eigenvalue weighted by atomic mass is 10.1. The molecule has 0 N–H and O–H groups in total. The van der Waals surface area contributed by atoms with Crippen molar-refractivity contribution in [2.45, 2.75) is 52.0 Å².